The average molecular weight is 350 g/mol. The first-order valence-corrected chi connectivity index (χ1v) is 8.17. The Bertz CT molecular complexity index is 571. The van der Waals surface area contributed by atoms with Crippen molar-refractivity contribution in [2.24, 2.45) is 0 Å². The zero-order chi connectivity index (χ0) is 15.2. The molecule has 0 saturated carbocycles. The van der Waals surface area contributed by atoms with Crippen molar-refractivity contribution in [3.8, 4) is 0 Å². The van der Waals surface area contributed by atoms with E-state index in [4.69, 9.17) is 0 Å². The van der Waals surface area contributed by atoms with Crippen molar-refractivity contribution in [2.75, 3.05) is 0 Å². The van der Waals surface area contributed by atoms with Crippen molar-refractivity contribution in [3.05, 3.63) is 69.9 Å². The molecule has 0 aromatic heterocycles. The molecule has 1 nitrogen and oxygen atoms in total. The molecule has 0 aliphatic rings. The SMILES string of the molecule is CCCC(NC(C)c1ccc(F)c(Br)c1)c1ccccc1. The smallest absolute Gasteiger partial charge is 0.137 e. The third-order valence-electron chi connectivity index (χ3n) is 3.67. The van der Waals surface area contributed by atoms with Crippen LogP contribution in [0.5, 0.6) is 0 Å². The van der Waals surface area contributed by atoms with Crippen molar-refractivity contribution in [1.29, 1.82) is 0 Å². The molecule has 2 atom stereocenters. The predicted octanol–water partition coefficient (Wildman–Crippen LogP) is 5.78. The maximum atomic E-state index is 13.3. The molecule has 0 fully saturated rings. The highest BCUT2D eigenvalue weighted by Gasteiger charge is 2.15. The molecule has 0 spiro atoms. The molecule has 0 amide bonds. The normalized spacial score (nSPS) is 13.9. The van der Waals surface area contributed by atoms with Gasteiger partial charge in [-0.25, -0.2) is 4.39 Å². The minimum atomic E-state index is -0.223. The van der Waals surface area contributed by atoms with Gasteiger partial charge in [0.25, 0.3) is 0 Å². The molecule has 3 heteroatoms. The molecule has 0 bridgehead atoms. The highest BCUT2D eigenvalue weighted by atomic mass is 79.9. The Morgan fingerprint density at radius 3 is 2.43 bits per heavy atom. The maximum Gasteiger partial charge on any atom is 0.137 e. The number of hydrogen-bond donors (Lipinski definition) is 1. The molecule has 2 aromatic carbocycles. The minimum Gasteiger partial charge on any atom is -0.303 e. The average Bonchev–Trinajstić information content (AvgIpc) is 2.50. The lowest BCUT2D eigenvalue weighted by atomic mass is 9.99. The third kappa shape index (κ3) is 4.39. The first kappa shape index (κ1) is 16.2. The highest BCUT2D eigenvalue weighted by Crippen LogP contribution is 2.25. The van der Waals surface area contributed by atoms with Crippen LogP contribution in [-0.4, -0.2) is 0 Å². The second kappa shape index (κ2) is 7.71. The number of rotatable bonds is 6. The Morgan fingerprint density at radius 1 is 1.10 bits per heavy atom. The summed E-state index contributed by atoms with van der Waals surface area (Å²) in [7, 11) is 0. The van der Waals surface area contributed by atoms with E-state index in [1.165, 1.54) is 11.6 Å². The van der Waals surface area contributed by atoms with Crippen LogP contribution in [0.3, 0.4) is 0 Å². The Balaban J connectivity index is 2.14. The molecule has 1 N–H and O–H groups in total. The van der Waals surface area contributed by atoms with Gasteiger partial charge in [0, 0.05) is 12.1 Å². The van der Waals surface area contributed by atoms with Crippen LogP contribution >= 0.6 is 15.9 Å². The van der Waals surface area contributed by atoms with Crippen LogP contribution in [0.25, 0.3) is 0 Å². The van der Waals surface area contributed by atoms with Crippen LogP contribution in [0.1, 0.15) is 49.9 Å². The number of benzene rings is 2. The van der Waals surface area contributed by atoms with E-state index in [-0.39, 0.29) is 11.9 Å². The fraction of sp³-hybridized carbons (Fsp3) is 0.333. The first-order chi connectivity index (χ1) is 10.1. The number of hydrogen-bond acceptors (Lipinski definition) is 1. The van der Waals surface area contributed by atoms with Crippen LogP contribution < -0.4 is 5.32 Å². The second-order valence-corrected chi connectivity index (χ2v) is 6.17. The Kier molecular flexibility index (Phi) is 5.95. The Hall–Kier alpha value is -1.19. The molecule has 2 unspecified atom stereocenters. The first-order valence-electron chi connectivity index (χ1n) is 7.37. The molecule has 0 radical (unpaired) electrons. The van der Waals surface area contributed by atoms with Crippen LogP contribution in [0, 0.1) is 5.82 Å². The maximum absolute atomic E-state index is 13.3. The monoisotopic (exact) mass is 349 g/mol. The summed E-state index contributed by atoms with van der Waals surface area (Å²) in [5.41, 5.74) is 2.38. The van der Waals surface area contributed by atoms with E-state index in [2.05, 4.69) is 59.4 Å². The second-order valence-electron chi connectivity index (χ2n) is 5.31. The van der Waals surface area contributed by atoms with Crippen molar-refractivity contribution >= 4 is 15.9 Å². The fourth-order valence-corrected chi connectivity index (χ4v) is 2.90. The van der Waals surface area contributed by atoms with E-state index < -0.39 is 0 Å². The van der Waals surface area contributed by atoms with E-state index in [9.17, 15) is 4.39 Å². The summed E-state index contributed by atoms with van der Waals surface area (Å²) < 4.78 is 13.9. The van der Waals surface area contributed by atoms with E-state index in [1.807, 2.05) is 18.2 Å². The Morgan fingerprint density at radius 2 is 1.81 bits per heavy atom. The molecule has 0 aliphatic heterocycles. The van der Waals surface area contributed by atoms with Gasteiger partial charge in [0.1, 0.15) is 5.82 Å². The van der Waals surface area contributed by atoms with Gasteiger partial charge in [-0.3, -0.25) is 0 Å². The fourth-order valence-electron chi connectivity index (χ4n) is 2.50. The summed E-state index contributed by atoms with van der Waals surface area (Å²) in [5.74, 6) is -0.223. The summed E-state index contributed by atoms with van der Waals surface area (Å²) in [5, 5.41) is 3.65. The lowest BCUT2D eigenvalue weighted by Crippen LogP contribution is -2.24. The number of halogens is 2. The van der Waals surface area contributed by atoms with E-state index in [0.29, 0.717) is 10.5 Å². The van der Waals surface area contributed by atoms with Gasteiger partial charge >= 0.3 is 0 Å². The van der Waals surface area contributed by atoms with Gasteiger partial charge in [0.15, 0.2) is 0 Å². The zero-order valence-electron chi connectivity index (χ0n) is 12.4. The quantitative estimate of drug-likeness (QED) is 0.696. The molecular weight excluding hydrogens is 329 g/mol. The lowest BCUT2D eigenvalue weighted by molar-refractivity contribution is 0.439. The van der Waals surface area contributed by atoms with Crippen LogP contribution in [0.4, 0.5) is 4.39 Å². The minimum absolute atomic E-state index is 0.165. The summed E-state index contributed by atoms with van der Waals surface area (Å²) in [6.07, 6.45) is 2.20. The summed E-state index contributed by atoms with van der Waals surface area (Å²) >= 11 is 3.25. The van der Waals surface area contributed by atoms with E-state index in [0.717, 1.165) is 18.4 Å². The van der Waals surface area contributed by atoms with Crippen molar-refractivity contribution in [2.45, 2.75) is 38.8 Å². The van der Waals surface area contributed by atoms with Gasteiger partial charge in [-0.15, -0.1) is 0 Å². The van der Waals surface area contributed by atoms with Gasteiger partial charge < -0.3 is 5.32 Å². The predicted molar refractivity (Wildman–Crippen MR) is 89.7 cm³/mol. The van der Waals surface area contributed by atoms with Crippen LogP contribution in [0.15, 0.2) is 53.0 Å². The molecule has 0 aliphatic carbocycles. The standard InChI is InChI=1S/C18H21BrFN/c1-3-7-18(14-8-5-4-6-9-14)21-13(2)15-10-11-17(20)16(19)12-15/h4-6,8-13,18,21H,3,7H2,1-2H3. The molecular formula is C18H21BrFN. The van der Waals surface area contributed by atoms with Gasteiger partial charge in [-0.2, -0.15) is 0 Å². The molecule has 2 aromatic rings. The summed E-state index contributed by atoms with van der Waals surface area (Å²) in [6, 6.07) is 16.2. The van der Waals surface area contributed by atoms with Gasteiger partial charge in [-0.1, -0.05) is 49.7 Å². The highest BCUT2D eigenvalue weighted by molar-refractivity contribution is 9.10. The molecule has 0 saturated heterocycles. The van der Waals surface area contributed by atoms with Crippen LogP contribution in [-0.2, 0) is 0 Å². The van der Waals surface area contributed by atoms with Gasteiger partial charge in [-0.05, 0) is 52.5 Å². The molecule has 112 valence electrons. The van der Waals surface area contributed by atoms with E-state index in [1.54, 1.807) is 0 Å². The molecule has 0 heterocycles. The third-order valence-corrected chi connectivity index (χ3v) is 4.28. The molecule has 2 rings (SSSR count). The van der Waals surface area contributed by atoms with Crippen molar-refractivity contribution in [1.82, 2.24) is 5.32 Å². The largest absolute Gasteiger partial charge is 0.303 e. The lowest BCUT2D eigenvalue weighted by Gasteiger charge is -2.24. The summed E-state index contributed by atoms with van der Waals surface area (Å²) in [4.78, 5) is 0. The van der Waals surface area contributed by atoms with Crippen molar-refractivity contribution in [3.63, 3.8) is 0 Å². The Labute approximate surface area is 134 Å². The van der Waals surface area contributed by atoms with Crippen LogP contribution in [0.2, 0.25) is 0 Å². The van der Waals surface area contributed by atoms with Gasteiger partial charge in [0.05, 0.1) is 4.47 Å². The zero-order valence-corrected chi connectivity index (χ0v) is 14.0. The van der Waals surface area contributed by atoms with E-state index >= 15 is 0 Å². The number of nitrogens with one attached hydrogen (secondary N) is 1. The van der Waals surface area contributed by atoms with Gasteiger partial charge in [0.2, 0.25) is 0 Å². The molecule has 21 heavy (non-hydrogen) atoms. The summed E-state index contributed by atoms with van der Waals surface area (Å²) in [6.45, 7) is 4.31. The topological polar surface area (TPSA) is 12.0 Å². The van der Waals surface area contributed by atoms with Crippen molar-refractivity contribution < 1.29 is 4.39 Å².